The number of hydrogen-bond donors (Lipinski definition) is 2. The van der Waals surface area contributed by atoms with Gasteiger partial charge in [-0.25, -0.2) is 0 Å². The molecule has 0 saturated carbocycles. The van der Waals surface area contributed by atoms with Gasteiger partial charge in [0.2, 0.25) is 0 Å². The van der Waals surface area contributed by atoms with Crippen LogP contribution in [-0.2, 0) is 4.74 Å². The maximum Gasteiger partial charge on any atom is 0.0587 e. The minimum absolute atomic E-state index is 0.807. The van der Waals surface area contributed by atoms with Gasteiger partial charge >= 0.3 is 0 Å². The van der Waals surface area contributed by atoms with Gasteiger partial charge in [0.15, 0.2) is 0 Å². The summed E-state index contributed by atoms with van der Waals surface area (Å²) in [5.41, 5.74) is 0. The van der Waals surface area contributed by atoms with Crippen LogP contribution in [0.4, 0.5) is 0 Å². The lowest BCUT2D eigenvalue weighted by Gasteiger charge is -2.27. The van der Waals surface area contributed by atoms with Crippen molar-refractivity contribution in [1.29, 1.82) is 0 Å². The fourth-order valence-corrected chi connectivity index (χ4v) is 1.47. The summed E-state index contributed by atoms with van der Waals surface area (Å²) in [6.45, 7) is 8.65. The molecule has 0 spiro atoms. The predicted octanol–water partition coefficient (Wildman–Crippen LogP) is -0.872. The van der Waals surface area contributed by atoms with Crippen LogP contribution in [-0.4, -0.2) is 64.4 Å². The number of nitrogens with zero attached hydrogens (tertiary/aromatic N) is 1. The van der Waals surface area contributed by atoms with Crippen molar-refractivity contribution >= 4 is 0 Å². The van der Waals surface area contributed by atoms with Crippen molar-refractivity contribution in [2.75, 3.05) is 59.5 Å². The Balaban J connectivity index is 1.86. The van der Waals surface area contributed by atoms with E-state index in [0.29, 0.717) is 0 Å². The zero-order valence-corrected chi connectivity index (χ0v) is 8.51. The Morgan fingerprint density at radius 2 is 2.08 bits per heavy atom. The number of piperazine rings is 1. The SMILES string of the molecule is COCCNCCN1CCNCC1. The summed E-state index contributed by atoms with van der Waals surface area (Å²) in [6.07, 6.45) is 0. The lowest BCUT2D eigenvalue weighted by Crippen LogP contribution is -2.45. The summed E-state index contributed by atoms with van der Waals surface area (Å²) in [5, 5.41) is 6.69. The van der Waals surface area contributed by atoms with E-state index >= 15 is 0 Å². The first-order valence-corrected chi connectivity index (χ1v) is 5.06. The predicted molar refractivity (Wildman–Crippen MR) is 54.1 cm³/mol. The Kier molecular flexibility index (Phi) is 6.10. The fraction of sp³-hybridized carbons (Fsp3) is 1.00. The van der Waals surface area contributed by atoms with Crippen LogP contribution in [0.15, 0.2) is 0 Å². The Hall–Kier alpha value is -0.160. The van der Waals surface area contributed by atoms with E-state index in [2.05, 4.69) is 15.5 Å². The minimum atomic E-state index is 0.807. The van der Waals surface area contributed by atoms with Crippen molar-refractivity contribution in [1.82, 2.24) is 15.5 Å². The summed E-state index contributed by atoms with van der Waals surface area (Å²) in [7, 11) is 1.73. The Morgan fingerprint density at radius 1 is 1.31 bits per heavy atom. The molecule has 4 nitrogen and oxygen atoms in total. The van der Waals surface area contributed by atoms with Gasteiger partial charge in [0, 0.05) is 52.9 Å². The molecule has 2 N–H and O–H groups in total. The van der Waals surface area contributed by atoms with Gasteiger partial charge in [-0.15, -0.1) is 0 Å². The Bertz CT molecular complexity index is 115. The van der Waals surface area contributed by atoms with Gasteiger partial charge in [-0.05, 0) is 0 Å². The van der Waals surface area contributed by atoms with Gasteiger partial charge in [-0.1, -0.05) is 0 Å². The quantitative estimate of drug-likeness (QED) is 0.530. The molecule has 0 atom stereocenters. The Labute approximate surface area is 80.6 Å². The molecule has 1 heterocycles. The van der Waals surface area contributed by atoms with Crippen LogP contribution in [0.25, 0.3) is 0 Å². The van der Waals surface area contributed by atoms with E-state index in [9.17, 15) is 0 Å². The molecule has 0 bridgehead atoms. The molecule has 78 valence electrons. The van der Waals surface area contributed by atoms with Gasteiger partial charge in [0.1, 0.15) is 0 Å². The smallest absolute Gasteiger partial charge is 0.0587 e. The molecule has 0 aliphatic carbocycles. The maximum atomic E-state index is 4.95. The van der Waals surface area contributed by atoms with Crippen LogP contribution in [0.2, 0.25) is 0 Å². The van der Waals surface area contributed by atoms with E-state index in [1.165, 1.54) is 13.1 Å². The van der Waals surface area contributed by atoms with Crippen LogP contribution in [0.3, 0.4) is 0 Å². The highest BCUT2D eigenvalue weighted by Gasteiger charge is 2.07. The number of ether oxygens (including phenoxy) is 1. The van der Waals surface area contributed by atoms with Crippen molar-refractivity contribution in [2.24, 2.45) is 0 Å². The van der Waals surface area contributed by atoms with Crippen molar-refractivity contribution in [3.63, 3.8) is 0 Å². The number of methoxy groups -OCH3 is 1. The summed E-state index contributed by atoms with van der Waals surface area (Å²) in [6, 6.07) is 0. The topological polar surface area (TPSA) is 36.5 Å². The summed E-state index contributed by atoms with van der Waals surface area (Å²) in [4.78, 5) is 2.48. The summed E-state index contributed by atoms with van der Waals surface area (Å²) >= 11 is 0. The molecule has 0 unspecified atom stereocenters. The average Bonchev–Trinajstić information content (AvgIpc) is 2.19. The number of nitrogens with one attached hydrogen (secondary N) is 2. The molecule has 1 fully saturated rings. The van der Waals surface area contributed by atoms with Crippen molar-refractivity contribution in [2.45, 2.75) is 0 Å². The second-order valence-electron chi connectivity index (χ2n) is 3.33. The third-order valence-electron chi connectivity index (χ3n) is 2.30. The van der Waals surface area contributed by atoms with Gasteiger partial charge in [-0.3, -0.25) is 4.90 Å². The van der Waals surface area contributed by atoms with Crippen molar-refractivity contribution in [3.8, 4) is 0 Å². The molecular formula is C9H21N3O. The molecule has 0 aromatic rings. The lowest BCUT2D eigenvalue weighted by molar-refractivity contribution is 0.194. The third kappa shape index (κ3) is 5.21. The molecular weight excluding hydrogens is 166 g/mol. The molecule has 1 aliphatic heterocycles. The second-order valence-corrected chi connectivity index (χ2v) is 3.33. The molecule has 1 rings (SSSR count). The largest absolute Gasteiger partial charge is 0.383 e. The minimum Gasteiger partial charge on any atom is -0.383 e. The van der Waals surface area contributed by atoms with E-state index in [1.54, 1.807) is 7.11 Å². The van der Waals surface area contributed by atoms with Crippen molar-refractivity contribution in [3.05, 3.63) is 0 Å². The second kappa shape index (κ2) is 7.26. The van der Waals surface area contributed by atoms with E-state index < -0.39 is 0 Å². The van der Waals surface area contributed by atoms with Gasteiger partial charge in [0.25, 0.3) is 0 Å². The van der Waals surface area contributed by atoms with E-state index in [1.807, 2.05) is 0 Å². The zero-order chi connectivity index (χ0) is 9.36. The molecule has 1 saturated heterocycles. The Morgan fingerprint density at radius 3 is 2.77 bits per heavy atom. The van der Waals surface area contributed by atoms with Gasteiger partial charge in [0.05, 0.1) is 6.61 Å². The highest BCUT2D eigenvalue weighted by Crippen LogP contribution is 1.89. The highest BCUT2D eigenvalue weighted by atomic mass is 16.5. The van der Waals surface area contributed by atoms with E-state index in [0.717, 1.165) is 39.3 Å². The normalized spacial score (nSPS) is 19.2. The monoisotopic (exact) mass is 187 g/mol. The first-order valence-electron chi connectivity index (χ1n) is 5.06. The number of hydrogen-bond acceptors (Lipinski definition) is 4. The summed E-state index contributed by atoms with van der Waals surface area (Å²) < 4.78 is 4.95. The molecule has 0 radical (unpaired) electrons. The van der Waals surface area contributed by atoms with Crippen LogP contribution in [0, 0.1) is 0 Å². The first kappa shape index (κ1) is 10.9. The maximum absolute atomic E-state index is 4.95. The van der Waals surface area contributed by atoms with Crippen LogP contribution in [0.1, 0.15) is 0 Å². The molecule has 4 heteroatoms. The number of rotatable bonds is 6. The van der Waals surface area contributed by atoms with Crippen LogP contribution >= 0.6 is 0 Å². The summed E-state index contributed by atoms with van der Waals surface area (Å²) in [5.74, 6) is 0. The first-order chi connectivity index (χ1) is 6.43. The molecule has 0 aromatic heterocycles. The molecule has 0 amide bonds. The molecule has 1 aliphatic rings. The van der Waals surface area contributed by atoms with E-state index in [4.69, 9.17) is 4.74 Å². The average molecular weight is 187 g/mol. The highest BCUT2D eigenvalue weighted by molar-refractivity contribution is 4.67. The zero-order valence-electron chi connectivity index (χ0n) is 8.51. The molecule has 13 heavy (non-hydrogen) atoms. The van der Waals surface area contributed by atoms with Gasteiger partial charge in [-0.2, -0.15) is 0 Å². The van der Waals surface area contributed by atoms with Crippen molar-refractivity contribution < 1.29 is 4.74 Å². The van der Waals surface area contributed by atoms with Crippen LogP contribution < -0.4 is 10.6 Å². The standard InChI is InChI=1S/C9H21N3O/c1-13-9-5-11-4-8-12-6-2-10-3-7-12/h10-11H,2-9H2,1H3. The van der Waals surface area contributed by atoms with E-state index in [-0.39, 0.29) is 0 Å². The molecule has 0 aromatic carbocycles. The lowest BCUT2D eigenvalue weighted by atomic mass is 10.3. The van der Waals surface area contributed by atoms with Gasteiger partial charge < -0.3 is 15.4 Å². The fourth-order valence-electron chi connectivity index (χ4n) is 1.47. The van der Waals surface area contributed by atoms with Crippen LogP contribution in [0.5, 0.6) is 0 Å². The third-order valence-corrected chi connectivity index (χ3v) is 2.30.